The molecule has 1 unspecified atom stereocenters. The molecule has 0 spiro atoms. The van der Waals surface area contributed by atoms with E-state index in [4.69, 9.17) is 22.1 Å². The van der Waals surface area contributed by atoms with Gasteiger partial charge in [-0.25, -0.2) is 0 Å². The van der Waals surface area contributed by atoms with Crippen LogP contribution in [0.3, 0.4) is 0 Å². The second-order valence-electron chi connectivity index (χ2n) is 4.62. The highest BCUT2D eigenvalue weighted by Gasteiger charge is 2.24. The van der Waals surface area contributed by atoms with Crippen molar-refractivity contribution in [3.63, 3.8) is 0 Å². The number of likely N-dealkylation sites (N-methyl/N-ethyl adjacent to an activating group) is 1. The van der Waals surface area contributed by atoms with Crippen LogP contribution in [0.25, 0.3) is 0 Å². The number of rotatable bonds is 6. The first-order chi connectivity index (χ1) is 7.99. The van der Waals surface area contributed by atoms with Gasteiger partial charge in [-0.3, -0.25) is 0 Å². The molecule has 2 N–H and O–H groups in total. The number of hydrogen-bond donors (Lipinski definition) is 1. The quantitative estimate of drug-likeness (QED) is 0.849. The smallest absolute Gasteiger partial charge is 0.137 e. The molecule has 0 aromatic heterocycles. The Morgan fingerprint density at radius 2 is 2.00 bits per heavy atom. The van der Waals surface area contributed by atoms with Crippen molar-refractivity contribution in [3.05, 3.63) is 29.3 Å². The Labute approximate surface area is 109 Å². The van der Waals surface area contributed by atoms with E-state index >= 15 is 0 Å². The molecule has 1 atom stereocenters. The van der Waals surface area contributed by atoms with E-state index in [1.807, 2.05) is 38.4 Å². The lowest BCUT2D eigenvalue weighted by Crippen LogP contribution is -2.48. The highest BCUT2D eigenvalue weighted by atomic mass is 35.5. The number of para-hydroxylation sites is 1. The average molecular weight is 257 g/mol. The molecule has 1 aromatic carbocycles. The van der Waals surface area contributed by atoms with Gasteiger partial charge in [0, 0.05) is 18.5 Å². The van der Waals surface area contributed by atoms with Crippen molar-refractivity contribution >= 4 is 11.6 Å². The van der Waals surface area contributed by atoms with E-state index in [1.54, 1.807) is 0 Å². The summed E-state index contributed by atoms with van der Waals surface area (Å²) in [6.45, 7) is 3.34. The zero-order valence-corrected chi connectivity index (χ0v) is 11.5. The molecule has 3 nitrogen and oxygen atoms in total. The molecular weight excluding hydrogens is 236 g/mol. The lowest BCUT2D eigenvalue weighted by Gasteiger charge is -2.35. The number of nitrogens with zero attached hydrogens (tertiary/aromatic N) is 1. The number of hydrogen-bond acceptors (Lipinski definition) is 3. The molecule has 0 amide bonds. The van der Waals surface area contributed by atoms with Gasteiger partial charge < -0.3 is 15.4 Å². The third kappa shape index (κ3) is 3.87. The number of benzene rings is 1. The van der Waals surface area contributed by atoms with Crippen molar-refractivity contribution in [2.45, 2.75) is 18.9 Å². The Bertz CT molecular complexity index is 357. The van der Waals surface area contributed by atoms with Gasteiger partial charge in [0.2, 0.25) is 0 Å². The third-order valence-corrected chi connectivity index (χ3v) is 3.57. The number of nitrogens with two attached hydrogens (primary N) is 1. The first-order valence-corrected chi connectivity index (χ1v) is 6.12. The topological polar surface area (TPSA) is 38.5 Å². The molecule has 0 radical (unpaired) electrons. The molecule has 0 saturated heterocycles. The van der Waals surface area contributed by atoms with Gasteiger partial charge in [-0.05, 0) is 33.2 Å². The lowest BCUT2D eigenvalue weighted by atomic mass is 9.97. The average Bonchev–Trinajstić information content (AvgIpc) is 2.31. The Hall–Kier alpha value is -0.770. The summed E-state index contributed by atoms with van der Waals surface area (Å²) in [6, 6.07) is 7.50. The van der Waals surface area contributed by atoms with Crippen LogP contribution >= 0.6 is 11.6 Å². The Kier molecular flexibility index (Phi) is 5.25. The van der Waals surface area contributed by atoms with Crippen molar-refractivity contribution in [2.24, 2.45) is 5.73 Å². The molecular formula is C13H21ClN2O. The van der Waals surface area contributed by atoms with Crippen LogP contribution in [0.15, 0.2) is 24.3 Å². The van der Waals surface area contributed by atoms with Crippen LogP contribution in [0.5, 0.6) is 5.75 Å². The number of halogens is 1. The van der Waals surface area contributed by atoms with Crippen LogP contribution in [-0.4, -0.2) is 37.7 Å². The van der Waals surface area contributed by atoms with Crippen LogP contribution in [-0.2, 0) is 0 Å². The van der Waals surface area contributed by atoms with Crippen molar-refractivity contribution in [3.8, 4) is 5.75 Å². The van der Waals surface area contributed by atoms with E-state index < -0.39 is 0 Å². The minimum absolute atomic E-state index is 0.0404. The first kappa shape index (κ1) is 14.3. The van der Waals surface area contributed by atoms with E-state index in [0.29, 0.717) is 18.2 Å². The maximum atomic E-state index is 6.01. The van der Waals surface area contributed by atoms with Gasteiger partial charge in [-0.2, -0.15) is 0 Å². The molecule has 0 heterocycles. The van der Waals surface area contributed by atoms with Crippen LogP contribution in [0.4, 0.5) is 0 Å². The van der Waals surface area contributed by atoms with Gasteiger partial charge in [-0.1, -0.05) is 23.7 Å². The Morgan fingerprint density at radius 1 is 1.35 bits per heavy atom. The van der Waals surface area contributed by atoms with Crippen LogP contribution in [0, 0.1) is 0 Å². The molecule has 0 aliphatic carbocycles. The van der Waals surface area contributed by atoms with Crippen LogP contribution in [0.2, 0.25) is 5.02 Å². The summed E-state index contributed by atoms with van der Waals surface area (Å²) < 4.78 is 5.67. The monoisotopic (exact) mass is 256 g/mol. The van der Waals surface area contributed by atoms with Crippen molar-refractivity contribution in [1.82, 2.24) is 4.90 Å². The minimum Gasteiger partial charge on any atom is -0.492 e. The Balaban J connectivity index is 2.50. The molecule has 4 heteroatoms. The highest BCUT2D eigenvalue weighted by molar-refractivity contribution is 6.32. The Morgan fingerprint density at radius 3 is 2.53 bits per heavy atom. The molecule has 0 aliphatic heterocycles. The summed E-state index contributed by atoms with van der Waals surface area (Å²) in [5, 5.41) is 0.645. The maximum Gasteiger partial charge on any atom is 0.137 e. The second kappa shape index (κ2) is 6.24. The molecule has 0 aliphatic rings. The van der Waals surface area contributed by atoms with Crippen molar-refractivity contribution in [2.75, 3.05) is 27.2 Å². The van der Waals surface area contributed by atoms with Gasteiger partial charge in [0.25, 0.3) is 0 Å². The molecule has 0 bridgehead atoms. The predicted octanol–water partition coefficient (Wildman–Crippen LogP) is 2.39. The SMILES string of the molecule is CN(C)C(C)(CN)CCOc1ccccc1Cl. The largest absolute Gasteiger partial charge is 0.492 e. The van der Waals surface area contributed by atoms with Gasteiger partial charge in [-0.15, -0.1) is 0 Å². The summed E-state index contributed by atoms with van der Waals surface area (Å²) >= 11 is 6.01. The van der Waals surface area contributed by atoms with Crippen LogP contribution in [0.1, 0.15) is 13.3 Å². The standard InChI is InChI=1S/C13H21ClN2O/c1-13(10-15,16(2)3)8-9-17-12-7-5-4-6-11(12)14/h4-7H,8-10,15H2,1-3H3. The third-order valence-electron chi connectivity index (χ3n) is 3.25. The van der Waals surface area contributed by atoms with E-state index in [1.165, 1.54) is 0 Å². The normalized spacial score (nSPS) is 14.7. The van der Waals surface area contributed by atoms with E-state index in [9.17, 15) is 0 Å². The van der Waals surface area contributed by atoms with Gasteiger partial charge in [0.05, 0.1) is 11.6 Å². The molecule has 1 aromatic rings. The first-order valence-electron chi connectivity index (χ1n) is 5.74. The highest BCUT2D eigenvalue weighted by Crippen LogP contribution is 2.24. The summed E-state index contributed by atoms with van der Waals surface area (Å²) in [4.78, 5) is 2.13. The summed E-state index contributed by atoms with van der Waals surface area (Å²) in [7, 11) is 4.06. The van der Waals surface area contributed by atoms with E-state index in [0.717, 1.165) is 12.2 Å². The second-order valence-corrected chi connectivity index (χ2v) is 5.03. The molecule has 0 fully saturated rings. The zero-order chi connectivity index (χ0) is 12.9. The van der Waals surface area contributed by atoms with Gasteiger partial charge in [0.1, 0.15) is 5.75 Å². The fraction of sp³-hybridized carbons (Fsp3) is 0.538. The molecule has 96 valence electrons. The fourth-order valence-corrected chi connectivity index (χ4v) is 1.64. The minimum atomic E-state index is -0.0404. The van der Waals surface area contributed by atoms with Crippen molar-refractivity contribution in [1.29, 1.82) is 0 Å². The zero-order valence-electron chi connectivity index (χ0n) is 10.7. The fourth-order valence-electron chi connectivity index (χ4n) is 1.45. The maximum absolute atomic E-state index is 6.01. The lowest BCUT2D eigenvalue weighted by molar-refractivity contribution is 0.139. The molecule has 0 saturated carbocycles. The number of ether oxygens (including phenoxy) is 1. The molecule has 17 heavy (non-hydrogen) atoms. The van der Waals surface area contributed by atoms with E-state index in [-0.39, 0.29) is 5.54 Å². The molecule has 1 rings (SSSR count). The summed E-state index contributed by atoms with van der Waals surface area (Å²) in [5.41, 5.74) is 5.75. The van der Waals surface area contributed by atoms with Crippen LogP contribution < -0.4 is 10.5 Å². The predicted molar refractivity (Wildman–Crippen MR) is 72.7 cm³/mol. The summed E-state index contributed by atoms with van der Waals surface area (Å²) in [6.07, 6.45) is 0.863. The van der Waals surface area contributed by atoms with Crippen molar-refractivity contribution < 1.29 is 4.74 Å². The van der Waals surface area contributed by atoms with E-state index in [2.05, 4.69) is 11.8 Å². The van der Waals surface area contributed by atoms with Gasteiger partial charge in [0.15, 0.2) is 0 Å². The van der Waals surface area contributed by atoms with Gasteiger partial charge >= 0.3 is 0 Å². The summed E-state index contributed by atoms with van der Waals surface area (Å²) in [5.74, 6) is 0.729.